The second kappa shape index (κ2) is 6.42. The van der Waals surface area contributed by atoms with Crippen LogP contribution in [0.1, 0.15) is 47.0 Å². The van der Waals surface area contributed by atoms with E-state index in [1.165, 1.54) is 0 Å². The third-order valence-electron chi connectivity index (χ3n) is 4.90. The highest BCUT2D eigenvalue weighted by Gasteiger charge is 2.59. The summed E-state index contributed by atoms with van der Waals surface area (Å²) in [5, 5.41) is 0. The molecule has 2 N–H and O–H groups in total. The van der Waals surface area contributed by atoms with E-state index >= 15 is 0 Å². The minimum atomic E-state index is -0.132. The lowest BCUT2D eigenvalue weighted by Crippen LogP contribution is -2.68. The van der Waals surface area contributed by atoms with Crippen molar-refractivity contribution >= 4 is 18.3 Å². The molecule has 0 aromatic heterocycles. The smallest absolute Gasteiger partial charge is 0.222 e. The summed E-state index contributed by atoms with van der Waals surface area (Å²) in [6.45, 7) is 8.38. The molecule has 3 unspecified atom stereocenters. The van der Waals surface area contributed by atoms with E-state index in [0.717, 1.165) is 12.8 Å². The maximum absolute atomic E-state index is 12.1. The molecule has 0 aromatic rings. The van der Waals surface area contributed by atoms with Crippen molar-refractivity contribution in [3.8, 4) is 0 Å². The van der Waals surface area contributed by atoms with Gasteiger partial charge >= 0.3 is 0 Å². The summed E-state index contributed by atoms with van der Waals surface area (Å²) in [6.07, 6.45) is 2.18. The molecular formula is C14H29ClN2O2. The van der Waals surface area contributed by atoms with Gasteiger partial charge in [0, 0.05) is 38.1 Å². The molecule has 19 heavy (non-hydrogen) atoms. The highest BCUT2D eigenvalue weighted by atomic mass is 35.5. The van der Waals surface area contributed by atoms with Gasteiger partial charge in [-0.2, -0.15) is 0 Å². The topological polar surface area (TPSA) is 55.6 Å². The summed E-state index contributed by atoms with van der Waals surface area (Å²) in [5.41, 5.74) is 5.55. The predicted molar refractivity (Wildman–Crippen MR) is 80.5 cm³/mol. The van der Waals surface area contributed by atoms with E-state index in [9.17, 15) is 4.79 Å². The average molecular weight is 293 g/mol. The van der Waals surface area contributed by atoms with Gasteiger partial charge in [0.05, 0.1) is 5.60 Å². The maximum Gasteiger partial charge on any atom is 0.222 e. The molecule has 0 spiro atoms. The number of halogens is 1. The quantitative estimate of drug-likeness (QED) is 0.845. The van der Waals surface area contributed by atoms with E-state index in [-0.39, 0.29) is 41.4 Å². The van der Waals surface area contributed by atoms with E-state index in [1.54, 1.807) is 7.11 Å². The molecule has 1 fully saturated rings. The first-order valence-corrected chi connectivity index (χ1v) is 6.72. The van der Waals surface area contributed by atoms with Crippen LogP contribution in [0.3, 0.4) is 0 Å². The Bertz CT molecular complexity index is 321. The Hall–Kier alpha value is -0.320. The number of hydrogen-bond acceptors (Lipinski definition) is 3. The first kappa shape index (κ1) is 18.7. The van der Waals surface area contributed by atoms with Crippen molar-refractivity contribution in [3.63, 3.8) is 0 Å². The molecule has 1 aliphatic rings. The van der Waals surface area contributed by atoms with Crippen LogP contribution in [0.15, 0.2) is 0 Å². The fraction of sp³-hybridized carbons (Fsp3) is 0.929. The molecule has 0 heterocycles. The number of ether oxygens (including phenoxy) is 1. The van der Waals surface area contributed by atoms with Gasteiger partial charge in [0.25, 0.3) is 0 Å². The van der Waals surface area contributed by atoms with Crippen molar-refractivity contribution < 1.29 is 9.53 Å². The zero-order valence-corrected chi connectivity index (χ0v) is 13.8. The van der Waals surface area contributed by atoms with Crippen LogP contribution in [0.5, 0.6) is 0 Å². The molecule has 0 radical (unpaired) electrons. The van der Waals surface area contributed by atoms with Gasteiger partial charge in [-0.3, -0.25) is 4.79 Å². The summed E-state index contributed by atoms with van der Waals surface area (Å²) >= 11 is 0. The molecule has 1 saturated carbocycles. The van der Waals surface area contributed by atoms with Crippen molar-refractivity contribution in [1.29, 1.82) is 0 Å². The van der Waals surface area contributed by atoms with E-state index in [1.807, 2.05) is 18.9 Å². The van der Waals surface area contributed by atoms with E-state index in [4.69, 9.17) is 10.5 Å². The van der Waals surface area contributed by atoms with Gasteiger partial charge < -0.3 is 15.4 Å². The summed E-state index contributed by atoms with van der Waals surface area (Å²) < 4.78 is 5.59. The summed E-state index contributed by atoms with van der Waals surface area (Å²) in [7, 11) is 3.64. The Balaban J connectivity index is 0.00000324. The van der Waals surface area contributed by atoms with Gasteiger partial charge in [-0.25, -0.2) is 0 Å². The number of rotatable bonds is 5. The Morgan fingerprint density at radius 3 is 2.37 bits per heavy atom. The minimum Gasteiger partial charge on any atom is -0.378 e. The number of carbonyl (C=O) groups is 1. The molecule has 0 aliphatic heterocycles. The van der Waals surface area contributed by atoms with Crippen LogP contribution in [0.2, 0.25) is 0 Å². The zero-order valence-electron chi connectivity index (χ0n) is 13.0. The highest BCUT2D eigenvalue weighted by molar-refractivity contribution is 5.85. The van der Waals surface area contributed by atoms with Crippen LogP contribution in [0, 0.1) is 5.41 Å². The number of nitrogens with zero attached hydrogens (tertiary/aromatic N) is 1. The highest BCUT2D eigenvalue weighted by Crippen LogP contribution is 2.53. The number of hydrogen-bond donors (Lipinski definition) is 1. The third-order valence-corrected chi connectivity index (χ3v) is 4.90. The fourth-order valence-electron chi connectivity index (χ4n) is 2.78. The maximum atomic E-state index is 12.1. The lowest BCUT2D eigenvalue weighted by atomic mass is 9.55. The first-order valence-electron chi connectivity index (χ1n) is 6.72. The minimum absolute atomic E-state index is 0. The summed E-state index contributed by atoms with van der Waals surface area (Å²) in [6, 6.07) is 0.337. The zero-order chi connectivity index (χ0) is 14.1. The van der Waals surface area contributed by atoms with E-state index in [2.05, 4.69) is 20.8 Å². The number of methoxy groups -OCH3 is 1. The monoisotopic (exact) mass is 292 g/mol. The molecule has 4 nitrogen and oxygen atoms in total. The Morgan fingerprint density at radius 2 is 2.00 bits per heavy atom. The van der Waals surface area contributed by atoms with Gasteiger partial charge in [-0.1, -0.05) is 13.8 Å². The number of nitrogens with two attached hydrogens (primary N) is 1. The van der Waals surface area contributed by atoms with Crippen molar-refractivity contribution in [2.75, 3.05) is 14.2 Å². The molecule has 0 bridgehead atoms. The molecular weight excluding hydrogens is 264 g/mol. The number of carbonyl (C=O) groups excluding carboxylic acids is 1. The molecule has 1 aliphatic carbocycles. The Morgan fingerprint density at radius 1 is 1.47 bits per heavy atom. The second-order valence-electron chi connectivity index (χ2n) is 6.40. The van der Waals surface area contributed by atoms with Crippen LogP contribution in [-0.4, -0.2) is 42.6 Å². The van der Waals surface area contributed by atoms with Crippen LogP contribution in [0.4, 0.5) is 0 Å². The summed E-state index contributed by atoms with van der Waals surface area (Å²) in [5.74, 6) is 0.184. The molecule has 0 saturated heterocycles. The van der Waals surface area contributed by atoms with Gasteiger partial charge in [-0.15, -0.1) is 12.4 Å². The largest absolute Gasteiger partial charge is 0.378 e. The second-order valence-corrected chi connectivity index (χ2v) is 6.40. The Kier molecular flexibility index (Phi) is 6.31. The van der Waals surface area contributed by atoms with Crippen molar-refractivity contribution in [3.05, 3.63) is 0 Å². The van der Waals surface area contributed by atoms with Crippen LogP contribution < -0.4 is 5.73 Å². The standard InChI is InChI=1S/C14H28N2O2.ClH/c1-10(15)7-8-12(17)16(5)11-9-14(4,18-6)13(11,2)3;/h10-11H,7-9,15H2,1-6H3;1H. The Labute approximate surface area is 123 Å². The van der Waals surface area contributed by atoms with E-state index < -0.39 is 0 Å². The predicted octanol–water partition coefficient (Wildman–Crippen LogP) is 2.20. The summed E-state index contributed by atoms with van der Waals surface area (Å²) in [4.78, 5) is 14.0. The van der Waals surface area contributed by atoms with Crippen molar-refractivity contribution in [2.45, 2.75) is 64.6 Å². The van der Waals surface area contributed by atoms with Crippen LogP contribution >= 0.6 is 12.4 Å². The van der Waals surface area contributed by atoms with Gasteiger partial charge in [0.2, 0.25) is 5.91 Å². The fourth-order valence-corrected chi connectivity index (χ4v) is 2.78. The molecule has 3 atom stereocenters. The molecule has 1 amide bonds. The molecule has 5 heteroatoms. The molecule has 1 rings (SSSR count). The average Bonchev–Trinajstić information content (AvgIpc) is 2.31. The van der Waals surface area contributed by atoms with Crippen LogP contribution in [0.25, 0.3) is 0 Å². The molecule has 0 aromatic carbocycles. The van der Waals surface area contributed by atoms with Crippen molar-refractivity contribution in [2.24, 2.45) is 11.1 Å². The van der Waals surface area contributed by atoms with Gasteiger partial charge in [-0.05, 0) is 26.7 Å². The first-order chi connectivity index (χ1) is 8.15. The lowest BCUT2D eigenvalue weighted by molar-refractivity contribution is -0.207. The lowest BCUT2D eigenvalue weighted by Gasteiger charge is -2.61. The van der Waals surface area contributed by atoms with Gasteiger partial charge in [0.1, 0.15) is 0 Å². The normalized spacial score (nSPS) is 29.9. The van der Waals surface area contributed by atoms with Crippen LogP contribution in [-0.2, 0) is 9.53 Å². The van der Waals surface area contributed by atoms with Crippen molar-refractivity contribution in [1.82, 2.24) is 4.90 Å². The number of amides is 1. The van der Waals surface area contributed by atoms with Gasteiger partial charge in [0.15, 0.2) is 0 Å². The third kappa shape index (κ3) is 3.41. The molecule has 114 valence electrons. The van der Waals surface area contributed by atoms with E-state index in [0.29, 0.717) is 6.42 Å². The SMILES string of the molecule is COC1(C)CC(N(C)C(=O)CCC(C)N)C1(C)C.Cl.